The lowest BCUT2D eigenvalue weighted by Crippen LogP contribution is -2.45. The van der Waals surface area contributed by atoms with Gasteiger partial charge in [-0.15, -0.1) is 10.2 Å². The topological polar surface area (TPSA) is 102 Å². The molecule has 1 aliphatic carbocycles. The van der Waals surface area contributed by atoms with Gasteiger partial charge < -0.3 is 10.7 Å². The van der Waals surface area contributed by atoms with E-state index in [1.54, 1.807) is 0 Å². The van der Waals surface area contributed by atoms with Gasteiger partial charge in [-0.2, -0.15) is 0 Å². The first kappa shape index (κ1) is 9.82. The molecule has 80 valence electrons. The largest absolute Gasteiger partial charge is 0.369 e. The van der Waals surface area contributed by atoms with Gasteiger partial charge in [0, 0.05) is 6.42 Å². The number of primary amides is 1. The molecule has 3 N–H and O–H groups in total. The van der Waals surface area contributed by atoms with E-state index in [1.165, 1.54) is 6.33 Å². The molecular formula is C9H12N4O2. The maximum Gasteiger partial charge on any atom is 0.272 e. The molecule has 0 spiro atoms. The Hall–Kier alpha value is -1.72. The fourth-order valence-corrected chi connectivity index (χ4v) is 1.86. The minimum absolute atomic E-state index is 0.288. The van der Waals surface area contributed by atoms with Crippen molar-refractivity contribution >= 4 is 5.91 Å². The van der Waals surface area contributed by atoms with E-state index < -0.39 is 5.41 Å². The normalized spacial score (nSPS) is 18.1. The van der Waals surface area contributed by atoms with Crippen LogP contribution in [0.5, 0.6) is 0 Å². The molecule has 6 nitrogen and oxygen atoms in total. The van der Waals surface area contributed by atoms with Gasteiger partial charge in [0.05, 0.1) is 5.41 Å². The van der Waals surface area contributed by atoms with Gasteiger partial charge in [-0.05, 0) is 12.8 Å². The predicted molar refractivity (Wildman–Crippen MR) is 51.8 cm³/mol. The number of carbonyl (C=O) groups is 1. The van der Waals surface area contributed by atoms with Crippen molar-refractivity contribution in [2.75, 3.05) is 0 Å². The highest BCUT2D eigenvalue weighted by atomic mass is 16.1. The van der Waals surface area contributed by atoms with Gasteiger partial charge in [0.15, 0.2) is 0 Å². The van der Waals surface area contributed by atoms with Gasteiger partial charge in [-0.1, -0.05) is 6.42 Å². The number of H-pyrrole nitrogens is 1. The average molecular weight is 208 g/mol. The van der Waals surface area contributed by atoms with E-state index in [1.807, 2.05) is 0 Å². The van der Waals surface area contributed by atoms with Crippen LogP contribution in [0.15, 0.2) is 11.1 Å². The molecule has 0 aliphatic heterocycles. The lowest BCUT2D eigenvalue weighted by molar-refractivity contribution is -0.132. The first-order valence-corrected chi connectivity index (χ1v) is 4.83. The van der Waals surface area contributed by atoms with Crippen LogP contribution in [0.4, 0.5) is 0 Å². The summed E-state index contributed by atoms with van der Waals surface area (Å²) < 4.78 is 0. The Balaban J connectivity index is 2.25. The molecule has 15 heavy (non-hydrogen) atoms. The molecule has 0 bridgehead atoms. The van der Waals surface area contributed by atoms with E-state index >= 15 is 0 Å². The Bertz CT molecular complexity index is 436. The van der Waals surface area contributed by atoms with Gasteiger partial charge in [-0.3, -0.25) is 9.59 Å². The van der Waals surface area contributed by atoms with Crippen LogP contribution in [0.2, 0.25) is 0 Å². The van der Waals surface area contributed by atoms with Crippen molar-refractivity contribution in [2.45, 2.75) is 25.7 Å². The molecule has 0 aromatic carbocycles. The Morgan fingerprint density at radius 2 is 2.33 bits per heavy atom. The maximum absolute atomic E-state index is 11.3. The first-order chi connectivity index (χ1) is 7.14. The van der Waals surface area contributed by atoms with Gasteiger partial charge in [0.1, 0.15) is 12.0 Å². The first-order valence-electron chi connectivity index (χ1n) is 4.83. The molecular weight excluding hydrogens is 196 g/mol. The van der Waals surface area contributed by atoms with E-state index in [0.29, 0.717) is 6.42 Å². The smallest absolute Gasteiger partial charge is 0.272 e. The summed E-state index contributed by atoms with van der Waals surface area (Å²) in [6.07, 6.45) is 3.97. The van der Waals surface area contributed by atoms with E-state index in [-0.39, 0.29) is 17.2 Å². The third kappa shape index (κ3) is 1.62. The summed E-state index contributed by atoms with van der Waals surface area (Å²) in [5.41, 5.74) is 4.76. The molecule has 0 unspecified atom stereocenters. The van der Waals surface area contributed by atoms with E-state index in [4.69, 9.17) is 5.73 Å². The number of amides is 1. The second kappa shape index (κ2) is 3.45. The van der Waals surface area contributed by atoms with Crippen LogP contribution in [-0.2, 0) is 11.2 Å². The SMILES string of the molecule is NC(=O)C1(Cc2nnc[nH]c2=O)CCC1. The lowest BCUT2D eigenvalue weighted by Gasteiger charge is -2.38. The number of hydrogen-bond acceptors (Lipinski definition) is 4. The molecule has 0 saturated heterocycles. The van der Waals surface area contributed by atoms with Crippen LogP contribution < -0.4 is 11.3 Å². The number of rotatable bonds is 3. The zero-order valence-corrected chi connectivity index (χ0v) is 8.19. The highest BCUT2D eigenvalue weighted by Crippen LogP contribution is 2.42. The van der Waals surface area contributed by atoms with Crippen molar-refractivity contribution in [3.63, 3.8) is 0 Å². The third-order valence-electron chi connectivity index (χ3n) is 3.03. The van der Waals surface area contributed by atoms with Crippen LogP contribution in [-0.4, -0.2) is 21.1 Å². The quantitative estimate of drug-likeness (QED) is 0.689. The summed E-state index contributed by atoms with van der Waals surface area (Å²) in [5.74, 6) is -0.348. The lowest BCUT2D eigenvalue weighted by atomic mass is 9.65. The molecule has 1 saturated carbocycles. The summed E-state index contributed by atoms with van der Waals surface area (Å²) in [6.45, 7) is 0. The summed E-state index contributed by atoms with van der Waals surface area (Å²) >= 11 is 0. The number of nitrogens with zero attached hydrogens (tertiary/aromatic N) is 2. The molecule has 1 aromatic rings. The molecule has 1 aromatic heterocycles. The van der Waals surface area contributed by atoms with E-state index in [0.717, 1.165) is 19.3 Å². The van der Waals surface area contributed by atoms with E-state index in [9.17, 15) is 9.59 Å². The van der Waals surface area contributed by atoms with Crippen LogP contribution in [0.25, 0.3) is 0 Å². The van der Waals surface area contributed by atoms with Crippen LogP contribution >= 0.6 is 0 Å². The molecule has 6 heteroatoms. The number of carbonyl (C=O) groups excluding carboxylic acids is 1. The van der Waals surface area contributed by atoms with Gasteiger partial charge in [0.25, 0.3) is 5.56 Å². The number of aromatic nitrogens is 3. The van der Waals surface area contributed by atoms with Crippen molar-refractivity contribution < 1.29 is 4.79 Å². The van der Waals surface area contributed by atoms with E-state index in [2.05, 4.69) is 15.2 Å². The number of nitrogens with one attached hydrogen (secondary N) is 1. The average Bonchev–Trinajstić information content (AvgIpc) is 2.13. The minimum Gasteiger partial charge on any atom is -0.369 e. The van der Waals surface area contributed by atoms with Gasteiger partial charge in [-0.25, -0.2) is 0 Å². The molecule has 1 heterocycles. The Labute approximate surface area is 85.9 Å². The van der Waals surface area contributed by atoms with Crippen LogP contribution in [0, 0.1) is 5.41 Å². The molecule has 1 aliphatic rings. The summed E-state index contributed by atoms with van der Waals surface area (Å²) in [6, 6.07) is 0. The van der Waals surface area contributed by atoms with Crippen molar-refractivity contribution in [1.29, 1.82) is 0 Å². The van der Waals surface area contributed by atoms with Crippen LogP contribution in [0.1, 0.15) is 25.0 Å². The third-order valence-corrected chi connectivity index (χ3v) is 3.03. The van der Waals surface area contributed by atoms with Crippen LogP contribution in [0.3, 0.4) is 0 Å². The Kier molecular flexibility index (Phi) is 2.26. The Morgan fingerprint density at radius 3 is 2.80 bits per heavy atom. The molecule has 1 amide bonds. The maximum atomic E-state index is 11.3. The standard InChI is InChI=1S/C9H12N4O2/c10-8(15)9(2-1-3-9)4-6-7(14)11-5-12-13-6/h5H,1-4H2,(H2,10,15)(H,11,12,14). The Morgan fingerprint density at radius 1 is 1.60 bits per heavy atom. The zero-order chi connectivity index (χ0) is 10.9. The van der Waals surface area contributed by atoms with Crippen molar-refractivity contribution in [3.8, 4) is 0 Å². The zero-order valence-electron chi connectivity index (χ0n) is 8.19. The van der Waals surface area contributed by atoms with Crippen molar-refractivity contribution in [3.05, 3.63) is 22.4 Å². The number of nitrogens with two attached hydrogens (primary N) is 1. The van der Waals surface area contributed by atoms with Crippen molar-refractivity contribution in [1.82, 2.24) is 15.2 Å². The summed E-state index contributed by atoms with van der Waals surface area (Å²) in [5, 5.41) is 7.32. The molecule has 2 rings (SSSR count). The fraction of sp³-hybridized carbons (Fsp3) is 0.556. The second-order valence-corrected chi connectivity index (χ2v) is 3.94. The molecule has 0 atom stereocenters. The van der Waals surface area contributed by atoms with Gasteiger partial charge in [0.2, 0.25) is 5.91 Å². The highest BCUT2D eigenvalue weighted by Gasteiger charge is 2.43. The fourth-order valence-electron chi connectivity index (χ4n) is 1.86. The van der Waals surface area contributed by atoms with Crippen molar-refractivity contribution in [2.24, 2.45) is 11.1 Å². The second-order valence-electron chi connectivity index (χ2n) is 3.94. The van der Waals surface area contributed by atoms with Gasteiger partial charge >= 0.3 is 0 Å². The minimum atomic E-state index is -0.566. The molecule has 1 fully saturated rings. The summed E-state index contributed by atoms with van der Waals surface area (Å²) in [7, 11) is 0. The molecule has 0 radical (unpaired) electrons. The monoisotopic (exact) mass is 208 g/mol. The predicted octanol–water partition coefficient (Wildman–Crippen LogP) is -0.637. The summed E-state index contributed by atoms with van der Waals surface area (Å²) in [4.78, 5) is 25.1. The number of hydrogen-bond donors (Lipinski definition) is 2. The number of aromatic amines is 1. The highest BCUT2D eigenvalue weighted by molar-refractivity contribution is 5.82.